The first-order valence-corrected chi connectivity index (χ1v) is 11.0. The quantitative estimate of drug-likeness (QED) is 0.351. The molecule has 4 aromatic rings. The van der Waals surface area contributed by atoms with Gasteiger partial charge in [0.1, 0.15) is 28.6 Å². The Balaban J connectivity index is 1.46. The van der Waals surface area contributed by atoms with Crippen LogP contribution in [0.1, 0.15) is 41.6 Å². The molecule has 2 amide bonds. The molecule has 0 bridgehead atoms. The van der Waals surface area contributed by atoms with Crippen LogP contribution in [-0.2, 0) is 11.2 Å². The fraction of sp³-hybridized carbons (Fsp3) is 0.217. The SMILES string of the molecule is Cc1ccc(-c2cc(NC(=O)Cc3ncc(-c4nn(C(C)C)c(N)c4C(N)=O)cn3)on2)c(Cl)c1. The normalized spacial score (nSPS) is 11.1. The first kappa shape index (κ1) is 23.9. The molecule has 0 aliphatic heterocycles. The largest absolute Gasteiger partial charge is 0.383 e. The summed E-state index contributed by atoms with van der Waals surface area (Å²) in [4.78, 5) is 32.8. The number of nitrogens with zero attached hydrogens (tertiary/aromatic N) is 5. The summed E-state index contributed by atoms with van der Waals surface area (Å²) in [7, 11) is 0. The van der Waals surface area contributed by atoms with Crippen molar-refractivity contribution in [3.05, 3.63) is 58.6 Å². The van der Waals surface area contributed by atoms with Gasteiger partial charge >= 0.3 is 0 Å². The first-order chi connectivity index (χ1) is 16.6. The Morgan fingerprint density at radius 1 is 1.20 bits per heavy atom. The number of hydrogen-bond donors (Lipinski definition) is 3. The van der Waals surface area contributed by atoms with Gasteiger partial charge in [0.15, 0.2) is 0 Å². The van der Waals surface area contributed by atoms with Crippen LogP contribution in [-0.4, -0.2) is 36.7 Å². The topological polar surface area (TPSA) is 168 Å². The number of carbonyl (C=O) groups excluding carboxylic acids is 2. The van der Waals surface area contributed by atoms with Gasteiger partial charge in [-0.3, -0.25) is 14.9 Å². The predicted octanol–water partition coefficient (Wildman–Crippen LogP) is 3.40. The summed E-state index contributed by atoms with van der Waals surface area (Å²) in [6.07, 6.45) is 2.80. The Bertz CT molecular complexity index is 1410. The van der Waals surface area contributed by atoms with Crippen molar-refractivity contribution in [1.29, 1.82) is 0 Å². The van der Waals surface area contributed by atoms with Gasteiger partial charge in [-0.15, -0.1) is 0 Å². The summed E-state index contributed by atoms with van der Waals surface area (Å²) in [6.45, 7) is 5.69. The van der Waals surface area contributed by atoms with Gasteiger partial charge in [-0.25, -0.2) is 14.6 Å². The van der Waals surface area contributed by atoms with E-state index in [0.29, 0.717) is 21.8 Å². The molecule has 35 heavy (non-hydrogen) atoms. The maximum absolute atomic E-state index is 12.5. The Kier molecular flexibility index (Phi) is 6.52. The van der Waals surface area contributed by atoms with Gasteiger partial charge < -0.3 is 16.0 Å². The van der Waals surface area contributed by atoms with E-state index in [4.69, 9.17) is 27.6 Å². The van der Waals surface area contributed by atoms with Gasteiger partial charge in [0, 0.05) is 35.6 Å². The average molecular weight is 495 g/mol. The molecule has 180 valence electrons. The molecule has 5 N–H and O–H groups in total. The van der Waals surface area contributed by atoms with Crippen LogP contribution >= 0.6 is 11.6 Å². The number of nitrogens with two attached hydrogens (primary N) is 2. The first-order valence-electron chi connectivity index (χ1n) is 10.7. The summed E-state index contributed by atoms with van der Waals surface area (Å²) in [6, 6.07) is 7.06. The van der Waals surface area contributed by atoms with Crippen molar-refractivity contribution >= 4 is 35.1 Å². The summed E-state index contributed by atoms with van der Waals surface area (Å²) in [5.74, 6) is -0.513. The van der Waals surface area contributed by atoms with E-state index in [0.717, 1.165) is 5.56 Å². The highest BCUT2D eigenvalue weighted by Gasteiger charge is 2.23. The monoisotopic (exact) mass is 494 g/mol. The highest BCUT2D eigenvalue weighted by molar-refractivity contribution is 6.33. The number of carbonyl (C=O) groups is 2. The van der Waals surface area contributed by atoms with Gasteiger partial charge in [-0.2, -0.15) is 5.10 Å². The van der Waals surface area contributed by atoms with Crippen LogP contribution in [0.25, 0.3) is 22.5 Å². The Morgan fingerprint density at radius 2 is 1.91 bits per heavy atom. The molecule has 0 radical (unpaired) electrons. The predicted molar refractivity (Wildman–Crippen MR) is 131 cm³/mol. The maximum Gasteiger partial charge on any atom is 0.254 e. The third kappa shape index (κ3) is 4.99. The van der Waals surface area contributed by atoms with Crippen molar-refractivity contribution in [2.24, 2.45) is 5.73 Å². The fourth-order valence-corrected chi connectivity index (χ4v) is 3.80. The van der Waals surface area contributed by atoms with E-state index < -0.39 is 11.8 Å². The molecule has 3 aromatic heterocycles. The van der Waals surface area contributed by atoms with Crippen LogP contribution in [0.4, 0.5) is 11.7 Å². The minimum atomic E-state index is -0.703. The molecule has 0 aliphatic carbocycles. The van der Waals surface area contributed by atoms with Crippen molar-refractivity contribution in [2.75, 3.05) is 11.1 Å². The van der Waals surface area contributed by atoms with Crippen molar-refractivity contribution in [3.63, 3.8) is 0 Å². The number of benzene rings is 1. The van der Waals surface area contributed by atoms with Crippen molar-refractivity contribution in [3.8, 4) is 22.5 Å². The van der Waals surface area contributed by atoms with Gasteiger partial charge in [-0.1, -0.05) is 28.9 Å². The molecule has 3 heterocycles. The Hall–Kier alpha value is -4.25. The van der Waals surface area contributed by atoms with E-state index in [1.807, 2.05) is 39.0 Å². The van der Waals surface area contributed by atoms with Crippen molar-refractivity contribution in [1.82, 2.24) is 24.9 Å². The summed E-state index contributed by atoms with van der Waals surface area (Å²) in [5.41, 5.74) is 14.6. The van der Waals surface area contributed by atoms with Crippen molar-refractivity contribution < 1.29 is 14.1 Å². The molecule has 12 heteroatoms. The molecule has 0 saturated carbocycles. The van der Waals surface area contributed by atoms with Crippen LogP contribution in [0, 0.1) is 6.92 Å². The van der Waals surface area contributed by atoms with Crippen molar-refractivity contribution in [2.45, 2.75) is 33.2 Å². The second kappa shape index (κ2) is 9.55. The van der Waals surface area contributed by atoms with Gasteiger partial charge in [0.25, 0.3) is 5.91 Å². The third-order valence-electron chi connectivity index (χ3n) is 5.15. The van der Waals surface area contributed by atoms with Crippen LogP contribution in [0.15, 0.2) is 41.2 Å². The molecule has 0 unspecified atom stereocenters. The highest BCUT2D eigenvalue weighted by Crippen LogP contribution is 2.30. The summed E-state index contributed by atoms with van der Waals surface area (Å²) >= 11 is 6.27. The lowest BCUT2D eigenvalue weighted by molar-refractivity contribution is -0.115. The maximum atomic E-state index is 12.5. The molecule has 11 nitrogen and oxygen atoms in total. The van der Waals surface area contributed by atoms with E-state index in [1.54, 1.807) is 6.07 Å². The molecule has 1 aromatic carbocycles. The number of aryl methyl sites for hydroxylation is 1. The minimum Gasteiger partial charge on any atom is -0.383 e. The Morgan fingerprint density at radius 3 is 2.54 bits per heavy atom. The van der Waals surface area contributed by atoms with Gasteiger partial charge in [0.05, 0.1) is 11.4 Å². The minimum absolute atomic E-state index is 0.0793. The molecule has 0 fully saturated rings. The number of primary amides is 1. The number of anilines is 2. The zero-order valence-corrected chi connectivity index (χ0v) is 20.0. The van der Waals surface area contributed by atoms with E-state index in [1.165, 1.54) is 17.1 Å². The fourth-order valence-electron chi connectivity index (χ4n) is 3.47. The molecule has 0 atom stereocenters. The molecular weight excluding hydrogens is 472 g/mol. The van der Waals surface area contributed by atoms with E-state index >= 15 is 0 Å². The number of nitrogens with one attached hydrogen (secondary N) is 1. The van der Waals surface area contributed by atoms with E-state index in [2.05, 4.69) is 25.5 Å². The molecule has 4 rings (SSSR count). The van der Waals surface area contributed by atoms with Crippen LogP contribution in [0.2, 0.25) is 5.02 Å². The van der Waals surface area contributed by atoms with Crippen LogP contribution in [0.5, 0.6) is 0 Å². The van der Waals surface area contributed by atoms with Gasteiger partial charge in [-0.05, 0) is 32.4 Å². The molecule has 0 spiro atoms. The Labute approximate surface area is 205 Å². The molecular formula is C23H23ClN8O3. The molecule has 0 aliphatic rings. The second-order valence-electron chi connectivity index (χ2n) is 8.18. The third-order valence-corrected chi connectivity index (χ3v) is 5.47. The average Bonchev–Trinajstić information content (AvgIpc) is 3.38. The zero-order chi connectivity index (χ0) is 25.3. The number of rotatable bonds is 7. The number of nitrogen functional groups attached to an aromatic ring is 1. The highest BCUT2D eigenvalue weighted by atomic mass is 35.5. The zero-order valence-electron chi connectivity index (χ0n) is 19.2. The standard InChI is InChI=1S/C23H23ClN8O3/c1-11(2)32-22(25)20(23(26)34)21(30-32)13-9-27-17(28-10-13)8-18(33)29-19-7-16(31-35-19)14-5-4-12(3)6-15(14)24/h4-7,9-11H,8,25H2,1-3H3,(H2,26,34)(H,29,33). The second-order valence-corrected chi connectivity index (χ2v) is 8.59. The van der Waals surface area contributed by atoms with E-state index in [-0.39, 0.29) is 41.2 Å². The lowest BCUT2D eigenvalue weighted by Gasteiger charge is -2.06. The number of aromatic nitrogens is 5. The van der Waals surface area contributed by atoms with Gasteiger partial charge in [0.2, 0.25) is 11.8 Å². The lowest BCUT2D eigenvalue weighted by atomic mass is 10.1. The lowest BCUT2D eigenvalue weighted by Crippen LogP contribution is -2.16. The summed E-state index contributed by atoms with van der Waals surface area (Å²) < 4.78 is 6.72. The summed E-state index contributed by atoms with van der Waals surface area (Å²) in [5, 5.41) is 11.5. The smallest absolute Gasteiger partial charge is 0.254 e. The number of amides is 2. The van der Waals surface area contributed by atoms with Crippen LogP contribution in [0.3, 0.4) is 0 Å². The number of hydrogen-bond acceptors (Lipinski definition) is 8. The number of halogens is 1. The molecule has 0 saturated heterocycles. The van der Waals surface area contributed by atoms with Crippen LogP contribution < -0.4 is 16.8 Å². The van der Waals surface area contributed by atoms with E-state index in [9.17, 15) is 9.59 Å².